The van der Waals surface area contributed by atoms with Crippen molar-refractivity contribution in [1.29, 1.82) is 0 Å². The standard InChI is InChI=1S/C9H14N2O/c1-2-10-7-8-12-9-3-5-11-6-4-9/h3-6,10H,2,7-8H2,1H3. The quantitative estimate of drug-likeness (QED) is 0.664. The molecule has 66 valence electrons. The van der Waals surface area contributed by atoms with Crippen molar-refractivity contribution in [3.05, 3.63) is 24.5 Å². The van der Waals surface area contributed by atoms with E-state index in [9.17, 15) is 0 Å². The molecule has 3 nitrogen and oxygen atoms in total. The zero-order valence-electron chi connectivity index (χ0n) is 7.29. The van der Waals surface area contributed by atoms with Gasteiger partial charge >= 0.3 is 0 Å². The Balaban J connectivity index is 2.16. The second kappa shape index (κ2) is 5.55. The predicted octanol–water partition coefficient (Wildman–Crippen LogP) is 1.07. The van der Waals surface area contributed by atoms with Gasteiger partial charge in [0, 0.05) is 18.9 Å². The van der Waals surface area contributed by atoms with Crippen molar-refractivity contribution in [2.75, 3.05) is 19.7 Å². The second-order valence-corrected chi connectivity index (χ2v) is 2.38. The van der Waals surface area contributed by atoms with Gasteiger partial charge in [-0.05, 0) is 18.7 Å². The van der Waals surface area contributed by atoms with E-state index in [-0.39, 0.29) is 0 Å². The van der Waals surface area contributed by atoms with Gasteiger partial charge in [-0.1, -0.05) is 6.92 Å². The second-order valence-electron chi connectivity index (χ2n) is 2.38. The molecule has 0 aliphatic carbocycles. The van der Waals surface area contributed by atoms with Crippen LogP contribution in [-0.2, 0) is 0 Å². The van der Waals surface area contributed by atoms with Gasteiger partial charge in [0.2, 0.25) is 0 Å². The van der Waals surface area contributed by atoms with Crippen molar-refractivity contribution >= 4 is 0 Å². The third-order valence-electron chi connectivity index (χ3n) is 1.45. The maximum Gasteiger partial charge on any atom is 0.122 e. The summed E-state index contributed by atoms with van der Waals surface area (Å²) in [6, 6.07) is 3.71. The molecule has 0 saturated heterocycles. The molecular weight excluding hydrogens is 152 g/mol. The molecule has 1 aromatic rings. The molecule has 1 rings (SSSR count). The number of likely N-dealkylation sites (N-methyl/N-ethyl adjacent to an activating group) is 1. The fourth-order valence-corrected chi connectivity index (χ4v) is 0.852. The van der Waals surface area contributed by atoms with E-state index in [0.29, 0.717) is 6.61 Å². The summed E-state index contributed by atoms with van der Waals surface area (Å²) >= 11 is 0. The highest BCUT2D eigenvalue weighted by Gasteiger charge is 1.89. The molecule has 1 aromatic heterocycles. The smallest absolute Gasteiger partial charge is 0.122 e. The van der Waals surface area contributed by atoms with Gasteiger partial charge < -0.3 is 10.1 Å². The molecule has 0 bridgehead atoms. The summed E-state index contributed by atoms with van der Waals surface area (Å²) in [4.78, 5) is 3.89. The van der Waals surface area contributed by atoms with Crippen LogP contribution >= 0.6 is 0 Å². The van der Waals surface area contributed by atoms with Crippen LogP contribution in [0.3, 0.4) is 0 Å². The maximum atomic E-state index is 5.41. The molecule has 0 aliphatic heterocycles. The molecule has 1 heterocycles. The van der Waals surface area contributed by atoms with Crippen molar-refractivity contribution in [1.82, 2.24) is 10.3 Å². The lowest BCUT2D eigenvalue weighted by Crippen LogP contribution is -2.20. The van der Waals surface area contributed by atoms with Crippen LogP contribution in [-0.4, -0.2) is 24.7 Å². The molecule has 1 N–H and O–H groups in total. The van der Waals surface area contributed by atoms with E-state index in [2.05, 4.69) is 17.2 Å². The summed E-state index contributed by atoms with van der Waals surface area (Å²) in [5, 5.41) is 3.18. The van der Waals surface area contributed by atoms with Crippen LogP contribution < -0.4 is 10.1 Å². The highest BCUT2D eigenvalue weighted by atomic mass is 16.5. The summed E-state index contributed by atoms with van der Waals surface area (Å²) in [5.41, 5.74) is 0. The van der Waals surface area contributed by atoms with Gasteiger partial charge in [0.15, 0.2) is 0 Å². The lowest BCUT2D eigenvalue weighted by Gasteiger charge is -2.04. The SMILES string of the molecule is CCNCCOc1ccncc1. The molecule has 0 aromatic carbocycles. The predicted molar refractivity (Wildman–Crippen MR) is 48.3 cm³/mol. The zero-order chi connectivity index (χ0) is 8.65. The van der Waals surface area contributed by atoms with E-state index >= 15 is 0 Å². The molecule has 0 spiro atoms. The number of nitrogens with one attached hydrogen (secondary N) is 1. The topological polar surface area (TPSA) is 34.1 Å². The number of hydrogen-bond donors (Lipinski definition) is 1. The Hall–Kier alpha value is -1.09. The Morgan fingerprint density at radius 2 is 2.17 bits per heavy atom. The first-order chi connectivity index (χ1) is 5.93. The molecule has 0 saturated carbocycles. The van der Waals surface area contributed by atoms with Crippen molar-refractivity contribution in [3.63, 3.8) is 0 Å². The molecule has 0 unspecified atom stereocenters. The van der Waals surface area contributed by atoms with Crippen molar-refractivity contribution in [2.24, 2.45) is 0 Å². The highest BCUT2D eigenvalue weighted by Crippen LogP contribution is 2.05. The van der Waals surface area contributed by atoms with E-state index in [1.54, 1.807) is 12.4 Å². The Morgan fingerprint density at radius 1 is 1.42 bits per heavy atom. The van der Waals surface area contributed by atoms with Crippen LogP contribution in [0, 0.1) is 0 Å². The van der Waals surface area contributed by atoms with Crippen LogP contribution in [0.1, 0.15) is 6.92 Å². The van der Waals surface area contributed by atoms with Crippen LogP contribution in [0.25, 0.3) is 0 Å². The molecule has 0 radical (unpaired) electrons. The lowest BCUT2D eigenvalue weighted by molar-refractivity contribution is 0.315. The van der Waals surface area contributed by atoms with Crippen LogP contribution in [0.15, 0.2) is 24.5 Å². The number of pyridine rings is 1. The van der Waals surface area contributed by atoms with E-state index in [0.717, 1.165) is 18.8 Å². The van der Waals surface area contributed by atoms with E-state index in [1.165, 1.54) is 0 Å². The number of rotatable bonds is 5. The van der Waals surface area contributed by atoms with Gasteiger partial charge in [-0.15, -0.1) is 0 Å². The molecule has 12 heavy (non-hydrogen) atoms. The Morgan fingerprint density at radius 3 is 2.83 bits per heavy atom. The van der Waals surface area contributed by atoms with Crippen LogP contribution in [0.2, 0.25) is 0 Å². The Kier molecular flexibility index (Phi) is 4.16. The zero-order valence-corrected chi connectivity index (χ0v) is 7.29. The van der Waals surface area contributed by atoms with Crippen molar-refractivity contribution in [3.8, 4) is 5.75 Å². The lowest BCUT2D eigenvalue weighted by atomic mass is 10.4. The summed E-state index contributed by atoms with van der Waals surface area (Å²) in [6.45, 7) is 4.66. The van der Waals surface area contributed by atoms with Crippen molar-refractivity contribution < 1.29 is 4.74 Å². The number of hydrogen-bond acceptors (Lipinski definition) is 3. The summed E-state index contributed by atoms with van der Waals surface area (Å²) in [6.07, 6.45) is 3.45. The van der Waals surface area contributed by atoms with Gasteiger partial charge in [-0.3, -0.25) is 4.98 Å². The molecule has 3 heteroatoms. The van der Waals surface area contributed by atoms with Gasteiger partial charge in [0.1, 0.15) is 12.4 Å². The first kappa shape index (κ1) is 9.00. The average Bonchev–Trinajstić information content (AvgIpc) is 2.14. The summed E-state index contributed by atoms with van der Waals surface area (Å²) < 4.78 is 5.41. The van der Waals surface area contributed by atoms with E-state index in [1.807, 2.05) is 12.1 Å². The van der Waals surface area contributed by atoms with E-state index in [4.69, 9.17) is 4.74 Å². The Labute approximate surface area is 72.8 Å². The van der Waals surface area contributed by atoms with Crippen LogP contribution in [0.5, 0.6) is 5.75 Å². The molecular formula is C9H14N2O. The third-order valence-corrected chi connectivity index (χ3v) is 1.45. The molecule has 0 aliphatic rings. The van der Waals surface area contributed by atoms with Gasteiger partial charge in [0.25, 0.3) is 0 Å². The molecule has 0 amide bonds. The number of nitrogens with zero attached hydrogens (tertiary/aromatic N) is 1. The number of ether oxygens (including phenoxy) is 1. The van der Waals surface area contributed by atoms with Gasteiger partial charge in [-0.25, -0.2) is 0 Å². The van der Waals surface area contributed by atoms with Gasteiger partial charge in [0.05, 0.1) is 0 Å². The van der Waals surface area contributed by atoms with Crippen LogP contribution in [0.4, 0.5) is 0 Å². The molecule has 0 atom stereocenters. The maximum absolute atomic E-state index is 5.41. The summed E-state index contributed by atoms with van der Waals surface area (Å²) in [5.74, 6) is 0.878. The highest BCUT2D eigenvalue weighted by molar-refractivity contribution is 5.16. The fourth-order valence-electron chi connectivity index (χ4n) is 0.852. The average molecular weight is 166 g/mol. The monoisotopic (exact) mass is 166 g/mol. The van der Waals surface area contributed by atoms with Gasteiger partial charge in [-0.2, -0.15) is 0 Å². The number of aromatic nitrogens is 1. The molecule has 0 fully saturated rings. The minimum atomic E-state index is 0.706. The minimum Gasteiger partial charge on any atom is -0.492 e. The first-order valence-corrected chi connectivity index (χ1v) is 4.17. The minimum absolute atomic E-state index is 0.706. The summed E-state index contributed by atoms with van der Waals surface area (Å²) in [7, 11) is 0. The Bertz CT molecular complexity index is 201. The van der Waals surface area contributed by atoms with E-state index < -0.39 is 0 Å². The normalized spacial score (nSPS) is 9.75. The fraction of sp³-hybridized carbons (Fsp3) is 0.444. The third kappa shape index (κ3) is 3.34. The largest absolute Gasteiger partial charge is 0.492 e. The first-order valence-electron chi connectivity index (χ1n) is 4.17. The van der Waals surface area contributed by atoms with Crippen molar-refractivity contribution in [2.45, 2.75) is 6.92 Å².